The summed E-state index contributed by atoms with van der Waals surface area (Å²) in [5.41, 5.74) is 6.74. The molecule has 0 fully saturated rings. The van der Waals surface area contributed by atoms with Crippen LogP contribution in [0.5, 0.6) is 0 Å². The van der Waals surface area contributed by atoms with Crippen molar-refractivity contribution in [3.05, 3.63) is 76.4 Å². The van der Waals surface area contributed by atoms with Crippen molar-refractivity contribution in [2.75, 3.05) is 0 Å². The number of fused-ring (bicyclic) bond motifs is 1. The molecule has 1 N–H and O–H groups in total. The van der Waals surface area contributed by atoms with E-state index in [1.807, 2.05) is 36.3 Å². The topological polar surface area (TPSA) is 81.7 Å². The van der Waals surface area contributed by atoms with Crippen LogP contribution >= 0.6 is 0 Å². The first kappa shape index (κ1) is 22.4. The molecule has 0 amide bonds. The fraction of sp³-hybridized carbons (Fsp3) is 0.385. The highest BCUT2D eigenvalue weighted by Gasteiger charge is 2.35. The van der Waals surface area contributed by atoms with Gasteiger partial charge in [0, 0.05) is 36.2 Å². The molecule has 0 radical (unpaired) electrons. The second-order valence-corrected chi connectivity index (χ2v) is 9.25. The maximum atomic E-state index is 13.4. The molecular formula is C26H29FN6O. The number of halogens is 1. The third-order valence-corrected chi connectivity index (χ3v) is 6.75. The number of rotatable bonds is 5. The summed E-state index contributed by atoms with van der Waals surface area (Å²) in [6.07, 6.45) is 5.40. The van der Waals surface area contributed by atoms with E-state index < -0.39 is 5.60 Å². The smallest absolute Gasteiger partial charge is 0.157 e. The van der Waals surface area contributed by atoms with Crippen LogP contribution in [0.4, 0.5) is 4.39 Å². The van der Waals surface area contributed by atoms with Gasteiger partial charge in [0.25, 0.3) is 0 Å². The van der Waals surface area contributed by atoms with Crippen LogP contribution in [0, 0.1) is 12.7 Å². The van der Waals surface area contributed by atoms with Crippen molar-refractivity contribution >= 4 is 0 Å². The second-order valence-electron chi connectivity index (χ2n) is 9.25. The molecule has 176 valence electrons. The average Bonchev–Trinajstić information content (AvgIpc) is 3.31. The Bertz CT molecular complexity index is 1350. The summed E-state index contributed by atoms with van der Waals surface area (Å²) in [6, 6.07) is 8.47. The van der Waals surface area contributed by atoms with Crippen LogP contribution in [-0.4, -0.2) is 34.6 Å². The molecule has 0 bridgehead atoms. The van der Waals surface area contributed by atoms with Gasteiger partial charge in [0.15, 0.2) is 5.82 Å². The molecule has 0 spiro atoms. The zero-order valence-electron chi connectivity index (χ0n) is 20.0. The summed E-state index contributed by atoms with van der Waals surface area (Å²) in [7, 11) is 1.91. The molecule has 3 aromatic heterocycles. The Labute approximate surface area is 198 Å². The molecule has 1 unspecified atom stereocenters. The quantitative estimate of drug-likeness (QED) is 0.483. The van der Waals surface area contributed by atoms with Gasteiger partial charge in [-0.25, -0.2) is 19.0 Å². The predicted octanol–water partition coefficient (Wildman–Crippen LogP) is 4.21. The van der Waals surface area contributed by atoms with Gasteiger partial charge in [-0.2, -0.15) is 10.2 Å². The van der Waals surface area contributed by atoms with Gasteiger partial charge in [0.2, 0.25) is 0 Å². The van der Waals surface area contributed by atoms with Crippen molar-refractivity contribution in [3.8, 4) is 17.1 Å². The van der Waals surface area contributed by atoms with Crippen LogP contribution in [0.15, 0.2) is 36.7 Å². The maximum Gasteiger partial charge on any atom is 0.157 e. The van der Waals surface area contributed by atoms with Crippen LogP contribution in [-0.2, 0) is 31.9 Å². The van der Waals surface area contributed by atoms with E-state index in [4.69, 9.17) is 10.2 Å². The van der Waals surface area contributed by atoms with Crippen LogP contribution in [0.3, 0.4) is 0 Å². The molecule has 1 aromatic carbocycles. The third kappa shape index (κ3) is 3.81. The molecule has 3 heterocycles. The molecule has 0 saturated heterocycles. The lowest BCUT2D eigenvalue weighted by Crippen LogP contribution is -2.27. The molecule has 0 aliphatic heterocycles. The molecule has 4 aromatic rings. The minimum Gasteiger partial charge on any atom is -0.385 e. The molecule has 1 aliphatic rings. The number of aromatic nitrogens is 6. The minimum absolute atomic E-state index is 0.254. The van der Waals surface area contributed by atoms with E-state index in [0.29, 0.717) is 12.2 Å². The summed E-state index contributed by atoms with van der Waals surface area (Å²) in [6.45, 7) is 5.90. The van der Waals surface area contributed by atoms with Gasteiger partial charge in [0.05, 0.1) is 34.1 Å². The molecule has 8 heteroatoms. The first-order chi connectivity index (χ1) is 16.3. The van der Waals surface area contributed by atoms with Crippen molar-refractivity contribution in [2.24, 2.45) is 7.05 Å². The SMILES string of the molecule is CCc1c(Cc2cc(-n3nc(C)c4c3CCCC4(C)O)ncn2)nn(C)c1-c1ccc(F)cc1. The second kappa shape index (κ2) is 8.43. The summed E-state index contributed by atoms with van der Waals surface area (Å²) in [4.78, 5) is 8.99. The molecule has 7 nitrogen and oxygen atoms in total. The van der Waals surface area contributed by atoms with Crippen molar-refractivity contribution in [1.82, 2.24) is 29.5 Å². The van der Waals surface area contributed by atoms with Gasteiger partial charge in [-0.15, -0.1) is 0 Å². The highest BCUT2D eigenvalue weighted by molar-refractivity contribution is 5.65. The standard InChI is InChI=1S/C26H29FN6O/c1-5-20-21(31-32(4)25(20)17-8-10-18(27)11-9-17)13-19-14-23(29-15-28-19)33-22-7-6-12-26(3,34)24(22)16(2)30-33/h8-11,14-15,34H,5-7,12-13H2,1-4H3. The number of aliphatic hydroxyl groups is 1. The van der Waals surface area contributed by atoms with Gasteiger partial charge in [-0.05, 0) is 63.8 Å². The normalized spacial score (nSPS) is 17.7. The predicted molar refractivity (Wildman–Crippen MR) is 127 cm³/mol. The van der Waals surface area contributed by atoms with E-state index >= 15 is 0 Å². The summed E-state index contributed by atoms with van der Waals surface area (Å²) in [5, 5.41) is 20.4. The molecule has 34 heavy (non-hydrogen) atoms. The Morgan fingerprint density at radius 1 is 1.15 bits per heavy atom. The lowest BCUT2D eigenvalue weighted by molar-refractivity contribution is 0.0378. The fourth-order valence-corrected chi connectivity index (χ4v) is 5.30. The van der Waals surface area contributed by atoms with Gasteiger partial charge in [-0.1, -0.05) is 6.92 Å². The van der Waals surface area contributed by atoms with Crippen molar-refractivity contribution in [1.29, 1.82) is 0 Å². The number of hydrogen-bond acceptors (Lipinski definition) is 5. The van der Waals surface area contributed by atoms with Crippen LogP contribution in [0.2, 0.25) is 0 Å². The lowest BCUT2D eigenvalue weighted by atomic mass is 9.83. The van der Waals surface area contributed by atoms with Crippen LogP contribution in [0.25, 0.3) is 17.1 Å². The van der Waals surface area contributed by atoms with Crippen LogP contribution in [0.1, 0.15) is 60.6 Å². The Morgan fingerprint density at radius 3 is 2.65 bits per heavy atom. The average molecular weight is 461 g/mol. The Morgan fingerprint density at radius 2 is 1.91 bits per heavy atom. The molecular weight excluding hydrogens is 431 g/mol. The minimum atomic E-state index is -0.869. The van der Waals surface area contributed by atoms with Gasteiger partial charge < -0.3 is 5.11 Å². The van der Waals surface area contributed by atoms with Crippen LogP contribution < -0.4 is 0 Å². The maximum absolute atomic E-state index is 13.4. The van der Waals surface area contributed by atoms with Gasteiger partial charge in [-0.3, -0.25) is 4.68 Å². The Balaban J connectivity index is 1.51. The molecule has 0 saturated carbocycles. The highest BCUT2D eigenvalue weighted by Crippen LogP contribution is 2.37. The van der Waals surface area contributed by atoms with Gasteiger partial charge in [0.1, 0.15) is 12.1 Å². The lowest BCUT2D eigenvalue weighted by Gasteiger charge is -2.29. The van der Waals surface area contributed by atoms with E-state index in [2.05, 4.69) is 16.9 Å². The van der Waals surface area contributed by atoms with Gasteiger partial charge >= 0.3 is 0 Å². The first-order valence-corrected chi connectivity index (χ1v) is 11.7. The zero-order valence-corrected chi connectivity index (χ0v) is 20.0. The van der Waals surface area contributed by atoms with Crippen molar-refractivity contribution < 1.29 is 9.50 Å². The van der Waals surface area contributed by atoms with E-state index in [-0.39, 0.29) is 5.82 Å². The summed E-state index contributed by atoms with van der Waals surface area (Å²) < 4.78 is 17.2. The number of benzene rings is 1. The van der Waals surface area contributed by atoms with E-state index in [1.54, 1.807) is 18.5 Å². The first-order valence-electron chi connectivity index (χ1n) is 11.7. The summed E-state index contributed by atoms with van der Waals surface area (Å²) in [5.74, 6) is 0.440. The molecule has 1 atom stereocenters. The highest BCUT2D eigenvalue weighted by atomic mass is 19.1. The Hall–Kier alpha value is -3.39. The largest absolute Gasteiger partial charge is 0.385 e. The third-order valence-electron chi connectivity index (χ3n) is 6.75. The number of aryl methyl sites for hydroxylation is 2. The Kier molecular flexibility index (Phi) is 5.56. The van der Waals surface area contributed by atoms with E-state index in [1.165, 1.54) is 12.1 Å². The van der Waals surface area contributed by atoms with Crippen molar-refractivity contribution in [3.63, 3.8) is 0 Å². The van der Waals surface area contributed by atoms with E-state index in [0.717, 1.165) is 70.8 Å². The van der Waals surface area contributed by atoms with E-state index in [9.17, 15) is 9.50 Å². The fourth-order valence-electron chi connectivity index (χ4n) is 5.30. The number of nitrogens with zero attached hydrogens (tertiary/aromatic N) is 6. The zero-order chi connectivity index (χ0) is 24.0. The molecule has 1 aliphatic carbocycles. The monoisotopic (exact) mass is 460 g/mol. The molecule has 5 rings (SSSR count). The number of hydrogen-bond donors (Lipinski definition) is 1. The summed E-state index contributed by atoms with van der Waals surface area (Å²) >= 11 is 0. The van der Waals surface area contributed by atoms with Crippen molar-refractivity contribution in [2.45, 2.75) is 58.5 Å².